The zero-order valence-electron chi connectivity index (χ0n) is 10.2. The van der Waals surface area contributed by atoms with Crippen LogP contribution >= 0.6 is 0 Å². The standard InChI is InChI=1S/C8H11NO3S.C2HF3O2/c1-2-12-9-13(10,11)8-6-4-3-5-7-8;3-2(4,5)1(6)7/h3-7,9H,2H2,1H3;(H,6,7). The topological polar surface area (TPSA) is 92.7 Å². The summed E-state index contributed by atoms with van der Waals surface area (Å²) in [5.41, 5.74) is 0. The molecule has 0 spiro atoms. The van der Waals surface area contributed by atoms with E-state index in [-0.39, 0.29) is 4.90 Å². The first-order valence-corrected chi connectivity index (χ1v) is 6.58. The number of hydrogen-bond donors (Lipinski definition) is 2. The van der Waals surface area contributed by atoms with Crippen LogP contribution in [0, 0.1) is 0 Å². The summed E-state index contributed by atoms with van der Waals surface area (Å²) >= 11 is 0. The van der Waals surface area contributed by atoms with Gasteiger partial charge in [0.2, 0.25) is 0 Å². The van der Waals surface area contributed by atoms with Crippen LogP contribution in [0.3, 0.4) is 0 Å². The van der Waals surface area contributed by atoms with E-state index < -0.39 is 22.2 Å². The summed E-state index contributed by atoms with van der Waals surface area (Å²) in [6.45, 7) is 2.00. The van der Waals surface area contributed by atoms with Gasteiger partial charge < -0.3 is 5.11 Å². The van der Waals surface area contributed by atoms with E-state index in [1.165, 1.54) is 12.1 Å². The fraction of sp³-hybridized carbons (Fsp3) is 0.300. The minimum Gasteiger partial charge on any atom is -0.475 e. The van der Waals surface area contributed by atoms with Crippen molar-refractivity contribution >= 4 is 16.0 Å². The number of carboxylic acids is 1. The molecular formula is C10H12F3NO5S. The Balaban J connectivity index is 0.000000441. The van der Waals surface area contributed by atoms with Gasteiger partial charge in [0.25, 0.3) is 10.0 Å². The van der Waals surface area contributed by atoms with Crippen molar-refractivity contribution in [3.8, 4) is 0 Å². The zero-order valence-corrected chi connectivity index (χ0v) is 11.0. The Labute approximate surface area is 113 Å². The highest BCUT2D eigenvalue weighted by molar-refractivity contribution is 7.89. The maximum Gasteiger partial charge on any atom is 0.490 e. The van der Waals surface area contributed by atoms with Crippen molar-refractivity contribution in [3.63, 3.8) is 0 Å². The molecule has 0 saturated heterocycles. The summed E-state index contributed by atoms with van der Waals surface area (Å²) < 4.78 is 54.4. The van der Waals surface area contributed by atoms with E-state index in [4.69, 9.17) is 9.90 Å². The van der Waals surface area contributed by atoms with Gasteiger partial charge in [0.1, 0.15) is 0 Å². The van der Waals surface area contributed by atoms with Gasteiger partial charge >= 0.3 is 12.1 Å². The summed E-state index contributed by atoms with van der Waals surface area (Å²) in [6.07, 6.45) is -5.08. The molecule has 0 radical (unpaired) electrons. The number of carboxylic acid groups (broad SMARTS) is 1. The van der Waals surface area contributed by atoms with Crippen LogP contribution < -0.4 is 4.89 Å². The van der Waals surface area contributed by atoms with Gasteiger partial charge in [-0.05, 0) is 19.1 Å². The smallest absolute Gasteiger partial charge is 0.475 e. The molecule has 114 valence electrons. The van der Waals surface area contributed by atoms with Crippen molar-refractivity contribution < 1.29 is 36.3 Å². The highest BCUT2D eigenvalue weighted by atomic mass is 32.2. The maximum absolute atomic E-state index is 11.4. The van der Waals surface area contributed by atoms with Gasteiger partial charge in [-0.2, -0.15) is 13.2 Å². The molecule has 0 bridgehead atoms. The molecule has 0 atom stereocenters. The van der Waals surface area contributed by atoms with E-state index in [1.54, 1.807) is 25.1 Å². The molecule has 0 aliphatic carbocycles. The van der Waals surface area contributed by atoms with E-state index >= 15 is 0 Å². The summed E-state index contributed by atoms with van der Waals surface area (Å²) in [5, 5.41) is 7.12. The summed E-state index contributed by atoms with van der Waals surface area (Å²) in [5.74, 6) is -2.76. The quantitative estimate of drug-likeness (QED) is 0.822. The normalized spacial score (nSPS) is 11.4. The van der Waals surface area contributed by atoms with Gasteiger partial charge in [-0.1, -0.05) is 23.1 Å². The Morgan fingerprint density at radius 3 is 2.10 bits per heavy atom. The first-order chi connectivity index (χ1) is 9.11. The van der Waals surface area contributed by atoms with Crippen LogP contribution in [-0.2, 0) is 19.7 Å². The van der Waals surface area contributed by atoms with Crippen molar-refractivity contribution in [2.24, 2.45) is 0 Å². The first kappa shape index (κ1) is 18.4. The molecule has 0 aliphatic rings. The van der Waals surface area contributed by atoms with E-state index in [0.717, 1.165) is 0 Å². The van der Waals surface area contributed by atoms with Gasteiger partial charge in [-0.15, -0.1) is 0 Å². The minimum atomic E-state index is -5.08. The predicted octanol–water partition coefficient (Wildman–Crippen LogP) is 1.55. The third kappa shape index (κ3) is 7.07. The lowest BCUT2D eigenvalue weighted by molar-refractivity contribution is -0.192. The molecule has 1 rings (SSSR count). The molecule has 0 amide bonds. The van der Waals surface area contributed by atoms with E-state index in [0.29, 0.717) is 6.61 Å². The van der Waals surface area contributed by atoms with E-state index in [1.807, 2.05) is 4.89 Å². The van der Waals surface area contributed by atoms with E-state index in [9.17, 15) is 21.6 Å². The number of benzene rings is 1. The molecule has 20 heavy (non-hydrogen) atoms. The molecule has 10 heteroatoms. The van der Waals surface area contributed by atoms with Gasteiger partial charge in [0.05, 0.1) is 11.5 Å². The third-order valence-electron chi connectivity index (χ3n) is 1.61. The molecule has 0 aromatic heterocycles. The summed E-state index contributed by atoms with van der Waals surface area (Å²) in [4.78, 5) is 15.7. The fourth-order valence-electron chi connectivity index (χ4n) is 0.784. The Morgan fingerprint density at radius 2 is 1.75 bits per heavy atom. The second-order valence-corrected chi connectivity index (χ2v) is 4.78. The van der Waals surface area contributed by atoms with Crippen LogP contribution in [0.1, 0.15) is 6.92 Å². The number of rotatable bonds is 4. The fourth-order valence-corrected chi connectivity index (χ4v) is 1.67. The van der Waals surface area contributed by atoms with Crippen LogP contribution in [0.4, 0.5) is 13.2 Å². The molecular weight excluding hydrogens is 303 g/mol. The molecule has 0 saturated carbocycles. The summed E-state index contributed by atoms with van der Waals surface area (Å²) in [6, 6.07) is 8.06. The first-order valence-electron chi connectivity index (χ1n) is 5.10. The number of sulfonamides is 1. The van der Waals surface area contributed by atoms with Gasteiger partial charge in [0, 0.05) is 0 Å². The van der Waals surface area contributed by atoms with Crippen LogP contribution in [0.5, 0.6) is 0 Å². The van der Waals surface area contributed by atoms with Crippen LogP contribution in [0.2, 0.25) is 0 Å². The van der Waals surface area contributed by atoms with Crippen molar-refractivity contribution in [2.75, 3.05) is 6.61 Å². The molecule has 1 aromatic carbocycles. The monoisotopic (exact) mass is 315 g/mol. The number of halogens is 3. The van der Waals surface area contributed by atoms with Gasteiger partial charge in [-0.3, -0.25) is 4.84 Å². The van der Waals surface area contributed by atoms with Crippen molar-refractivity contribution in [1.29, 1.82) is 0 Å². The van der Waals surface area contributed by atoms with Crippen molar-refractivity contribution in [2.45, 2.75) is 18.0 Å². The molecule has 6 nitrogen and oxygen atoms in total. The van der Waals surface area contributed by atoms with Gasteiger partial charge in [0.15, 0.2) is 0 Å². The molecule has 0 aliphatic heterocycles. The highest BCUT2D eigenvalue weighted by Gasteiger charge is 2.38. The Hall–Kier alpha value is -1.65. The molecule has 0 heterocycles. The van der Waals surface area contributed by atoms with Crippen molar-refractivity contribution in [1.82, 2.24) is 4.89 Å². The lowest BCUT2D eigenvalue weighted by Crippen LogP contribution is -2.23. The number of hydrogen-bond acceptors (Lipinski definition) is 4. The molecule has 0 fully saturated rings. The highest BCUT2D eigenvalue weighted by Crippen LogP contribution is 2.13. The average molecular weight is 315 g/mol. The van der Waals surface area contributed by atoms with Crippen LogP contribution in [0.25, 0.3) is 0 Å². The molecule has 1 aromatic rings. The van der Waals surface area contributed by atoms with Crippen LogP contribution in [0.15, 0.2) is 35.2 Å². The molecule has 2 N–H and O–H groups in total. The minimum absolute atomic E-state index is 0.198. The largest absolute Gasteiger partial charge is 0.490 e. The third-order valence-corrected chi connectivity index (χ3v) is 2.84. The number of carbonyl (C=O) groups is 1. The number of nitrogens with one attached hydrogen (secondary N) is 1. The number of aliphatic carboxylic acids is 1. The predicted molar refractivity (Wildman–Crippen MR) is 62.1 cm³/mol. The van der Waals surface area contributed by atoms with E-state index in [2.05, 4.69) is 4.84 Å². The zero-order chi connectivity index (χ0) is 15.8. The Morgan fingerprint density at radius 1 is 1.30 bits per heavy atom. The van der Waals surface area contributed by atoms with Crippen LogP contribution in [-0.4, -0.2) is 32.3 Å². The lowest BCUT2D eigenvalue weighted by Gasteiger charge is -2.04. The SMILES string of the molecule is CCONS(=O)(=O)c1ccccc1.O=C(O)C(F)(F)F. The Bertz CT molecular complexity index is 515. The van der Waals surface area contributed by atoms with Crippen molar-refractivity contribution in [3.05, 3.63) is 30.3 Å². The number of alkyl halides is 3. The second-order valence-electron chi connectivity index (χ2n) is 3.14. The maximum atomic E-state index is 11.4. The summed E-state index contributed by atoms with van der Waals surface area (Å²) in [7, 11) is -3.49. The lowest BCUT2D eigenvalue weighted by atomic mass is 10.4. The molecule has 0 unspecified atom stereocenters. The second kappa shape index (κ2) is 7.82. The Kier molecular flexibility index (Phi) is 7.18. The average Bonchev–Trinajstić information content (AvgIpc) is 2.37. The van der Waals surface area contributed by atoms with Gasteiger partial charge in [-0.25, -0.2) is 13.2 Å².